The smallest absolute Gasteiger partial charge is 0.240 e. The first-order chi connectivity index (χ1) is 9.49. The van der Waals surface area contributed by atoms with Crippen molar-refractivity contribution in [3.8, 4) is 0 Å². The van der Waals surface area contributed by atoms with Gasteiger partial charge in [0, 0.05) is 30.0 Å². The fourth-order valence-corrected chi connectivity index (χ4v) is 2.97. The monoisotopic (exact) mass is 313 g/mol. The van der Waals surface area contributed by atoms with E-state index >= 15 is 0 Å². The summed E-state index contributed by atoms with van der Waals surface area (Å²) in [6, 6.07) is 8.01. The predicted octanol–water partition coefficient (Wildman–Crippen LogP) is 2.21. The van der Waals surface area contributed by atoms with Gasteiger partial charge in [-0.15, -0.1) is 0 Å². The van der Waals surface area contributed by atoms with Crippen LogP contribution >= 0.6 is 11.6 Å². The number of hydrogen-bond donors (Lipinski definition) is 1. The molecule has 0 bridgehead atoms. The van der Waals surface area contributed by atoms with Crippen molar-refractivity contribution in [1.82, 2.24) is 14.5 Å². The Kier molecular flexibility index (Phi) is 4.80. The topological polar surface area (TPSA) is 64.0 Å². The Balaban J connectivity index is 1.87. The fourth-order valence-electron chi connectivity index (χ4n) is 1.77. The van der Waals surface area contributed by atoms with Crippen molar-refractivity contribution < 1.29 is 8.42 Å². The summed E-state index contributed by atoms with van der Waals surface area (Å²) in [5.74, 6) is 0. The minimum absolute atomic E-state index is 0.220. The number of benzene rings is 1. The van der Waals surface area contributed by atoms with Crippen molar-refractivity contribution in [3.05, 3.63) is 47.2 Å². The quantitative estimate of drug-likeness (QED) is 0.832. The molecule has 1 aromatic heterocycles. The normalized spacial score (nSPS) is 11.7. The summed E-state index contributed by atoms with van der Waals surface area (Å²) in [6.07, 6.45) is 2.41. The summed E-state index contributed by atoms with van der Waals surface area (Å²) in [4.78, 5) is 0.220. The number of nitrogens with one attached hydrogen (secondary N) is 1. The lowest BCUT2D eigenvalue weighted by atomic mass is 10.4. The van der Waals surface area contributed by atoms with Crippen molar-refractivity contribution in [2.24, 2.45) is 0 Å². The maximum absolute atomic E-state index is 12.0. The molecular weight excluding hydrogens is 298 g/mol. The number of halogens is 1. The van der Waals surface area contributed by atoms with Gasteiger partial charge in [-0.2, -0.15) is 5.10 Å². The Morgan fingerprint density at radius 1 is 1.25 bits per heavy atom. The lowest BCUT2D eigenvalue weighted by Gasteiger charge is -2.07. The second-order valence-corrected chi connectivity index (χ2v) is 6.60. The van der Waals surface area contributed by atoms with Crippen LogP contribution in [0.2, 0.25) is 5.02 Å². The van der Waals surface area contributed by atoms with Crippen LogP contribution in [0.4, 0.5) is 0 Å². The minimum atomic E-state index is -3.47. The number of rotatable bonds is 6. The average Bonchev–Trinajstić information content (AvgIpc) is 2.81. The molecule has 0 aliphatic rings. The summed E-state index contributed by atoms with van der Waals surface area (Å²) in [7, 11) is -3.47. The number of aromatic nitrogens is 2. The zero-order valence-electron chi connectivity index (χ0n) is 11.1. The summed E-state index contributed by atoms with van der Waals surface area (Å²) >= 11 is 5.74. The van der Waals surface area contributed by atoms with E-state index in [0.717, 1.165) is 5.69 Å². The zero-order valence-corrected chi connectivity index (χ0v) is 12.7. The van der Waals surface area contributed by atoms with Gasteiger partial charge in [-0.1, -0.05) is 11.6 Å². The largest absolute Gasteiger partial charge is 0.270 e. The highest BCUT2D eigenvalue weighted by Gasteiger charge is 2.12. The molecule has 2 rings (SSSR count). The summed E-state index contributed by atoms with van der Waals surface area (Å²) < 4.78 is 28.4. The van der Waals surface area contributed by atoms with Crippen LogP contribution in [0.1, 0.15) is 12.1 Å². The predicted molar refractivity (Wildman–Crippen MR) is 78.2 cm³/mol. The van der Waals surface area contributed by atoms with Gasteiger partial charge in [0.15, 0.2) is 0 Å². The van der Waals surface area contributed by atoms with E-state index in [0.29, 0.717) is 24.5 Å². The highest BCUT2D eigenvalue weighted by atomic mass is 35.5. The number of aryl methyl sites for hydroxylation is 2. The molecule has 0 saturated heterocycles. The molecule has 0 aliphatic carbocycles. The molecule has 1 heterocycles. The first-order valence-electron chi connectivity index (χ1n) is 6.23. The first-order valence-corrected chi connectivity index (χ1v) is 8.09. The molecule has 0 radical (unpaired) electrons. The molecule has 1 aromatic carbocycles. The molecule has 7 heteroatoms. The number of sulfonamides is 1. The lowest BCUT2D eigenvalue weighted by Crippen LogP contribution is -2.25. The van der Waals surface area contributed by atoms with Crippen LogP contribution in [0.3, 0.4) is 0 Å². The van der Waals surface area contributed by atoms with Crippen molar-refractivity contribution in [3.63, 3.8) is 0 Å². The molecular formula is C13H16ClN3O2S. The molecule has 1 N–H and O–H groups in total. The Bertz CT molecular complexity index is 665. The third-order valence-corrected chi connectivity index (χ3v) is 4.62. The third kappa shape index (κ3) is 3.82. The molecule has 0 amide bonds. The van der Waals surface area contributed by atoms with E-state index in [2.05, 4.69) is 9.82 Å². The van der Waals surface area contributed by atoms with Crippen LogP contribution in [-0.4, -0.2) is 24.7 Å². The van der Waals surface area contributed by atoms with Gasteiger partial charge in [-0.3, -0.25) is 4.68 Å². The van der Waals surface area contributed by atoms with Crippen LogP contribution < -0.4 is 4.72 Å². The summed E-state index contributed by atoms with van der Waals surface area (Å²) in [5.41, 5.74) is 1.06. The van der Waals surface area contributed by atoms with Gasteiger partial charge in [-0.25, -0.2) is 13.1 Å². The van der Waals surface area contributed by atoms with Crippen LogP contribution in [0.15, 0.2) is 41.4 Å². The molecule has 108 valence electrons. The van der Waals surface area contributed by atoms with Gasteiger partial charge in [0.2, 0.25) is 10.0 Å². The standard InChI is InChI=1S/C13H16ClN3O2S/c1-11-7-9-15-17(11)10-2-8-16-20(18,19)13-5-3-12(14)4-6-13/h3-7,9,16H,2,8,10H2,1H3. The first kappa shape index (κ1) is 15.0. The second kappa shape index (κ2) is 6.39. The van der Waals surface area contributed by atoms with E-state index in [1.165, 1.54) is 12.1 Å². The minimum Gasteiger partial charge on any atom is -0.270 e. The summed E-state index contributed by atoms with van der Waals surface area (Å²) in [5, 5.41) is 4.65. The highest BCUT2D eigenvalue weighted by molar-refractivity contribution is 7.89. The number of hydrogen-bond acceptors (Lipinski definition) is 3. The Morgan fingerprint density at radius 3 is 2.55 bits per heavy atom. The molecule has 0 spiro atoms. The van der Waals surface area contributed by atoms with E-state index in [-0.39, 0.29) is 4.90 Å². The molecule has 20 heavy (non-hydrogen) atoms. The molecule has 0 aliphatic heterocycles. The Hall–Kier alpha value is -1.37. The summed E-state index contributed by atoms with van der Waals surface area (Å²) in [6.45, 7) is 3.01. The molecule has 0 fully saturated rings. The van der Waals surface area contributed by atoms with E-state index in [9.17, 15) is 8.42 Å². The second-order valence-electron chi connectivity index (χ2n) is 4.40. The van der Waals surface area contributed by atoms with Crippen molar-refractivity contribution in [2.45, 2.75) is 24.8 Å². The van der Waals surface area contributed by atoms with Gasteiger partial charge in [-0.05, 0) is 43.7 Å². The molecule has 0 atom stereocenters. The zero-order chi connectivity index (χ0) is 14.6. The SMILES string of the molecule is Cc1ccnn1CCCNS(=O)(=O)c1ccc(Cl)cc1. The van der Waals surface area contributed by atoms with Gasteiger partial charge in [0.05, 0.1) is 4.90 Å². The van der Waals surface area contributed by atoms with Gasteiger partial charge in [0.25, 0.3) is 0 Å². The molecule has 0 saturated carbocycles. The highest BCUT2D eigenvalue weighted by Crippen LogP contribution is 2.13. The number of nitrogens with zero attached hydrogens (tertiary/aromatic N) is 2. The van der Waals surface area contributed by atoms with Crippen LogP contribution in [0.25, 0.3) is 0 Å². The maximum Gasteiger partial charge on any atom is 0.240 e. The third-order valence-electron chi connectivity index (χ3n) is 2.89. The van der Waals surface area contributed by atoms with Crippen molar-refractivity contribution >= 4 is 21.6 Å². The molecule has 2 aromatic rings. The van der Waals surface area contributed by atoms with Crippen LogP contribution in [0.5, 0.6) is 0 Å². The van der Waals surface area contributed by atoms with Crippen molar-refractivity contribution in [1.29, 1.82) is 0 Å². The average molecular weight is 314 g/mol. The van der Waals surface area contributed by atoms with Crippen LogP contribution in [0, 0.1) is 6.92 Å². The van der Waals surface area contributed by atoms with Gasteiger partial charge < -0.3 is 0 Å². The fraction of sp³-hybridized carbons (Fsp3) is 0.308. The van der Waals surface area contributed by atoms with E-state index < -0.39 is 10.0 Å². The molecule has 0 unspecified atom stereocenters. The van der Waals surface area contributed by atoms with Crippen LogP contribution in [-0.2, 0) is 16.6 Å². The van der Waals surface area contributed by atoms with E-state index in [4.69, 9.17) is 11.6 Å². The van der Waals surface area contributed by atoms with Gasteiger partial charge >= 0.3 is 0 Å². The Labute approximate surface area is 123 Å². The maximum atomic E-state index is 12.0. The van der Waals surface area contributed by atoms with E-state index in [1.54, 1.807) is 18.3 Å². The lowest BCUT2D eigenvalue weighted by molar-refractivity contribution is 0.546. The Morgan fingerprint density at radius 2 is 1.95 bits per heavy atom. The molecule has 5 nitrogen and oxygen atoms in total. The van der Waals surface area contributed by atoms with E-state index in [1.807, 2.05) is 17.7 Å². The van der Waals surface area contributed by atoms with Gasteiger partial charge in [0.1, 0.15) is 0 Å². The van der Waals surface area contributed by atoms with Crippen molar-refractivity contribution in [2.75, 3.05) is 6.54 Å².